The van der Waals surface area contributed by atoms with Gasteiger partial charge in [0.05, 0.1) is 18.8 Å². The lowest BCUT2D eigenvalue weighted by molar-refractivity contribution is -0.130. The van der Waals surface area contributed by atoms with Crippen molar-refractivity contribution in [2.24, 2.45) is 0 Å². The first-order valence-corrected chi connectivity index (χ1v) is 10.9. The van der Waals surface area contributed by atoms with Crippen LogP contribution >= 0.6 is 0 Å². The lowest BCUT2D eigenvalue weighted by atomic mass is 10.2. The summed E-state index contributed by atoms with van der Waals surface area (Å²) in [5, 5.41) is 8.80. The number of amides is 1. The normalized spacial score (nSPS) is 19.6. The van der Waals surface area contributed by atoms with Gasteiger partial charge in [-0.3, -0.25) is 4.79 Å². The summed E-state index contributed by atoms with van der Waals surface area (Å²) in [5.74, 6) is 0.0763. The molecule has 1 aliphatic heterocycles. The molecule has 4 nitrogen and oxygen atoms in total. The SMILES string of the molecule is CCC1OC1C/C=C\C/C=C\C/C=C\C/C=C\C/C=C\CCC(=O)N(C)CCO. The van der Waals surface area contributed by atoms with Gasteiger partial charge in [-0.25, -0.2) is 0 Å². The third kappa shape index (κ3) is 13.8. The number of ether oxygens (including phenoxy) is 1. The topological polar surface area (TPSA) is 53.1 Å². The molecule has 0 bridgehead atoms. The zero-order valence-corrected chi connectivity index (χ0v) is 18.2. The molecule has 1 rings (SSSR count). The molecule has 2 unspecified atom stereocenters. The van der Waals surface area contributed by atoms with Crippen molar-refractivity contribution in [3.8, 4) is 0 Å². The van der Waals surface area contributed by atoms with Crippen molar-refractivity contribution < 1.29 is 14.6 Å². The monoisotopic (exact) mass is 401 g/mol. The number of rotatable bonds is 16. The minimum Gasteiger partial charge on any atom is -0.395 e. The molecule has 1 N–H and O–H groups in total. The van der Waals surface area contributed by atoms with Gasteiger partial charge in [0.15, 0.2) is 0 Å². The number of likely N-dealkylation sites (N-methyl/N-ethyl adjacent to an activating group) is 1. The van der Waals surface area contributed by atoms with Gasteiger partial charge in [-0.2, -0.15) is 0 Å². The maximum Gasteiger partial charge on any atom is 0.222 e. The number of allylic oxidation sites excluding steroid dienone is 9. The number of carbonyl (C=O) groups excluding carboxylic acids is 1. The van der Waals surface area contributed by atoms with E-state index in [2.05, 4.69) is 61.6 Å². The molecule has 162 valence electrons. The van der Waals surface area contributed by atoms with E-state index in [4.69, 9.17) is 9.84 Å². The summed E-state index contributed by atoms with van der Waals surface area (Å²) in [5.41, 5.74) is 0. The van der Waals surface area contributed by atoms with Gasteiger partial charge in [0, 0.05) is 20.0 Å². The van der Waals surface area contributed by atoms with Crippen molar-refractivity contribution in [1.82, 2.24) is 4.90 Å². The molecule has 4 heteroatoms. The molecule has 0 aromatic rings. The standard InChI is InChI=1S/C25H39NO3/c1-3-23-24(29-23)19-17-15-13-11-9-7-5-4-6-8-10-12-14-16-18-20-25(28)26(2)21-22-27/h4-5,8-11,14-17,23-24,27H,3,6-7,12-13,18-22H2,1-2H3/b5-4-,10-8-,11-9-,16-14-,17-15-. The summed E-state index contributed by atoms with van der Waals surface area (Å²) in [6.07, 6.45) is 29.9. The van der Waals surface area contributed by atoms with Gasteiger partial charge in [-0.05, 0) is 44.9 Å². The molecule has 1 saturated heterocycles. The molecule has 0 spiro atoms. The minimum absolute atomic E-state index is 0.0149. The Hall–Kier alpha value is -1.91. The van der Waals surface area contributed by atoms with Crippen molar-refractivity contribution >= 4 is 5.91 Å². The van der Waals surface area contributed by atoms with Crippen LogP contribution in [0.25, 0.3) is 0 Å². The number of hydrogen-bond acceptors (Lipinski definition) is 3. The van der Waals surface area contributed by atoms with Crippen LogP contribution in [0.3, 0.4) is 0 Å². The Morgan fingerprint density at radius 1 is 0.862 bits per heavy atom. The van der Waals surface area contributed by atoms with E-state index in [1.165, 1.54) is 0 Å². The Morgan fingerprint density at radius 2 is 1.38 bits per heavy atom. The van der Waals surface area contributed by atoms with E-state index in [1.54, 1.807) is 11.9 Å². The quantitative estimate of drug-likeness (QED) is 0.288. The number of epoxide rings is 1. The molecule has 0 aromatic carbocycles. The maximum atomic E-state index is 11.7. The Balaban J connectivity index is 1.94. The predicted octanol–water partition coefficient (Wildman–Crippen LogP) is 5.13. The molecule has 29 heavy (non-hydrogen) atoms. The van der Waals surface area contributed by atoms with Crippen LogP contribution in [-0.2, 0) is 9.53 Å². The summed E-state index contributed by atoms with van der Waals surface area (Å²) < 4.78 is 5.51. The highest BCUT2D eigenvalue weighted by molar-refractivity contribution is 5.75. The molecule has 0 aliphatic carbocycles. The molecule has 1 amide bonds. The smallest absolute Gasteiger partial charge is 0.222 e. The summed E-state index contributed by atoms with van der Waals surface area (Å²) in [6, 6.07) is 0. The van der Waals surface area contributed by atoms with Crippen LogP contribution in [0.15, 0.2) is 60.8 Å². The highest BCUT2D eigenvalue weighted by Gasteiger charge is 2.35. The second-order valence-electron chi connectivity index (χ2n) is 7.23. The van der Waals surface area contributed by atoms with Gasteiger partial charge in [0.25, 0.3) is 0 Å². The predicted molar refractivity (Wildman–Crippen MR) is 122 cm³/mol. The number of aliphatic hydroxyl groups excluding tert-OH is 1. The van der Waals surface area contributed by atoms with E-state index in [9.17, 15) is 4.79 Å². The fourth-order valence-electron chi connectivity index (χ4n) is 2.85. The molecule has 1 fully saturated rings. The van der Waals surface area contributed by atoms with Crippen molar-refractivity contribution in [3.63, 3.8) is 0 Å². The minimum atomic E-state index is 0.0149. The highest BCUT2D eigenvalue weighted by atomic mass is 16.6. The molecular weight excluding hydrogens is 362 g/mol. The fourth-order valence-corrected chi connectivity index (χ4v) is 2.85. The van der Waals surface area contributed by atoms with Crippen molar-refractivity contribution in [2.45, 2.75) is 70.5 Å². The summed E-state index contributed by atoms with van der Waals surface area (Å²) in [7, 11) is 1.72. The molecular formula is C25H39NO3. The van der Waals surface area contributed by atoms with E-state index in [0.717, 1.165) is 44.9 Å². The highest BCUT2D eigenvalue weighted by Crippen LogP contribution is 2.28. The number of nitrogens with zero attached hydrogens (tertiary/aromatic N) is 1. The maximum absolute atomic E-state index is 11.7. The second-order valence-corrected chi connectivity index (χ2v) is 7.23. The van der Waals surface area contributed by atoms with E-state index in [-0.39, 0.29) is 12.5 Å². The van der Waals surface area contributed by atoms with E-state index < -0.39 is 0 Å². The van der Waals surface area contributed by atoms with Crippen LogP contribution in [0, 0.1) is 0 Å². The van der Waals surface area contributed by atoms with Gasteiger partial charge >= 0.3 is 0 Å². The zero-order chi connectivity index (χ0) is 21.2. The van der Waals surface area contributed by atoms with Crippen molar-refractivity contribution in [3.05, 3.63) is 60.8 Å². The lowest BCUT2D eigenvalue weighted by Crippen LogP contribution is -2.28. The van der Waals surface area contributed by atoms with Crippen molar-refractivity contribution in [2.75, 3.05) is 20.2 Å². The van der Waals surface area contributed by atoms with Gasteiger partial charge in [0.2, 0.25) is 5.91 Å². The van der Waals surface area contributed by atoms with Crippen LogP contribution in [0.5, 0.6) is 0 Å². The first kappa shape index (κ1) is 25.1. The Labute approximate surface area is 177 Å². The molecule has 0 aromatic heterocycles. The van der Waals surface area contributed by atoms with Crippen molar-refractivity contribution in [1.29, 1.82) is 0 Å². The number of hydrogen-bond donors (Lipinski definition) is 1. The summed E-state index contributed by atoms with van der Waals surface area (Å²) >= 11 is 0. The molecule has 1 heterocycles. The average molecular weight is 402 g/mol. The van der Waals surface area contributed by atoms with E-state index in [1.807, 2.05) is 6.08 Å². The Kier molecular flexibility index (Phi) is 14.7. The zero-order valence-electron chi connectivity index (χ0n) is 18.2. The fraction of sp³-hybridized carbons (Fsp3) is 0.560. The number of aliphatic hydroxyl groups is 1. The summed E-state index contributed by atoms with van der Waals surface area (Å²) in [4.78, 5) is 13.2. The Bertz CT molecular complexity index is 575. The van der Waals surface area contributed by atoms with Gasteiger partial charge in [0.1, 0.15) is 0 Å². The number of carbonyl (C=O) groups is 1. The van der Waals surface area contributed by atoms with E-state index in [0.29, 0.717) is 25.2 Å². The molecule has 0 saturated carbocycles. The first-order valence-electron chi connectivity index (χ1n) is 10.9. The lowest BCUT2D eigenvalue weighted by Gasteiger charge is -2.14. The van der Waals surface area contributed by atoms with Gasteiger partial charge in [-0.1, -0.05) is 67.7 Å². The Morgan fingerprint density at radius 3 is 1.86 bits per heavy atom. The largest absolute Gasteiger partial charge is 0.395 e. The molecule has 1 aliphatic rings. The van der Waals surface area contributed by atoms with Crippen LogP contribution in [0.1, 0.15) is 58.3 Å². The van der Waals surface area contributed by atoms with Crippen LogP contribution in [0.4, 0.5) is 0 Å². The van der Waals surface area contributed by atoms with Gasteiger partial charge in [-0.15, -0.1) is 0 Å². The third-order valence-corrected chi connectivity index (χ3v) is 4.77. The van der Waals surface area contributed by atoms with Crippen LogP contribution < -0.4 is 0 Å². The van der Waals surface area contributed by atoms with Crippen LogP contribution in [-0.4, -0.2) is 48.3 Å². The van der Waals surface area contributed by atoms with E-state index >= 15 is 0 Å². The van der Waals surface area contributed by atoms with Crippen LogP contribution in [0.2, 0.25) is 0 Å². The first-order chi connectivity index (χ1) is 14.2. The third-order valence-electron chi connectivity index (χ3n) is 4.77. The molecule has 0 radical (unpaired) electrons. The second kappa shape index (κ2) is 17.0. The van der Waals surface area contributed by atoms with Gasteiger partial charge < -0.3 is 14.7 Å². The summed E-state index contributed by atoms with van der Waals surface area (Å²) in [6.45, 7) is 2.59. The molecule has 2 atom stereocenters. The average Bonchev–Trinajstić information content (AvgIpc) is 3.48.